The van der Waals surface area contributed by atoms with Crippen molar-refractivity contribution in [3.05, 3.63) is 12.2 Å². The molecule has 1 rings (SSSR count). The lowest BCUT2D eigenvalue weighted by molar-refractivity contribution is -0.298. The highest BCUT2D eigenvalue weighted by molar-refractivity contribution is 7.80. The number of nitrogens with one attached hydrogen (secondary N) is 1. The highest BCUT2D eigenvalue weighted by Gasteiger charge is 2.48. The van der Waals surface area contributed by atoms with Gasteiger partial charge in [-0.25, -0.2) is 4.18 Å². The second kappa shape index (κ2) is 48.5. The summed E-state index contributed by atoms with van der Waals surface area (Å²) in [6.45, 7) is 3.50. The number of hydrogen-bond donors (Lipinski definition) is 6. The zero-order valence-corrected chi connectivity index (χ0v) is 46.6. The van der Waals surface area contributed by atoms with E-state index in [9.17, 15) is 38.2 Å². The molecule has 1 saturated heterocycles. The maximum Gasteiger partial charge on any atom is 0.397 e. The maximum absolute atomic E-state index is 13.2. The summed E-state index contributed by atoms with van der Waals surface area (Å²) in [5.74, 6) is -0.225. The quantitative estimate of drug-likeness (QED) is 0.0193. The van der Waals surface area contributed by atoms with Gasteiger partial charge in [-0.3, -0.25) is 9.35 Å². The molecule has 1 fully saturated rings. The molecule has 0 radical (unpaired) electrons. The summed E-state index contributed by atoms with van der Waals surface area (Å²) < 4.78 is 47.9. The lowest BCUT2D eigenvalue weighted by atomic mass is 9.99. The average Bonchev–Trinajstić information content (AvgIpc) is 3.34. The van der Waals surface area contributed by atoms with Gasteiger partial charge in [0.1, 0.15) is 24.4 Å². The van der Waals surface area contributed by atoms with Gasteiger partial charge in [0.25, 0.3) is 0 Å². The van der Waals surface area contributed by atoms with E-state index < -0.39 is 59.9 Å². The van der Waals surface area contributed by atoms with Crippen molar-refractivity contribution in [1.29, 1.82) is 0 Å². The summed E-state index contributed by atoms with van der Waals surface area (Å²) in [4.78, 5) is 13.2. The molecule has 0 saturated carbocycles. The van der Waals surface area contributed by atoms with Crippen LogP contribution in [-0.2, 0) is 28.9 Å². The summed E-state index contributed by atoms with van der Waals surface area (Å²) in [5.41, 5.74) is 0. The van der Waals surface area contributed by atoms with Crippen molar-refractivity contribution in [2.45, 2.75) is 339 Å². The predicted octanol–water partition coefficient (Wildman–Crippen LogP) is 14.2. The maximum atomic E-state index is 13.2. The fraction of sp³-hybridized carbons (Fsp3) is 0.948. The third-order valence-electron chi connectivity index (χ3n) is 14.6. The van der Waals surface area contributed by atoms with Gasteiger partial charge in [0.2, 0.25) is 5.91 Å². The smallest absolute Gasteiger partial charge is 0.394 e. The van der Waals surface area contributed by atoms with E-state index in [0.29, 0.717) is 12.8 Å². The first-order chi connectivity index (χ1) is 34.5. The molecule has 7 atom stereocenters. The Bertz CT molecular complexity index is 1310. The lowest BCUT2D eigenvalue weighted by Crippen LogP contribution is -2.61. The normalized spacial score (nSPS) is 19.5. The Hall–Kier alpha value is -1.16. The standard InChI is InChI=1S/C58H113NO11S/c1-3-5-7-9-11-13-15-17-19-21-22-23-24-25-26-27-28-29-30-32-34-36-38-40-42-44-46-48-54(62)59-51(50-68-58-56(64)57(70-71(65,66)67)55(63)53(49-60)69-58)52(61)47-45-43-41-39-37-35-33-31-20-18-16-14-12-10-8-6-4-2/h25-26,51-53,55-58,60-61,63-64H,3-24,27-50H2,1-2H3,(H,59,62)(H,65,66,67)/b26-25-. The van der Waals surface area contributed by atoms with Gasteiger partial charge in [-0.2, -0.15) is 8.42 Å². The number of hydrogen-bond acceptors (Lipinski definition) is 10. The molecule has 422 valence electrons. The number of rotatable bonds is 53. The molecule has 1 aliphatic heterocycles. The van der Waals surface area contributed by atoms with Crippen molar-refractivity contribution in [3.63, 3.8) is 0 Å². The van der Waals surface area contributed by atoms with E-state index in [4.69, 9.17) is 9.47 Å². The largest absolute Gasteiger partial charge is 0.397 e. The highest BCUT2D eigenvalue weighted by atomic mass is 32.3. The third-order valence-corrected chi connectivity index (χ3v) is 15.0. The minimum atomic E-state index is -5.08. The van der Waals surface area contributed by atoms with E-state index >= 15 is 0 Å². The first kappa shape index (κ1) is 67.9. The van der Waals surface area contributed by atoms with Crippen molar-refractivity contribution in [3.8, 4) is 0 Å². The van der Waals surface area contributed by atoms with Crippen LogP contribution in [0.4, 0.5) is 0 Å². The Balaban J connectivity index is 2.30. The summed E-state index contributed by atoms with van der Waals surface area (Å²) in [6, 6.07) is -0.856. The van der Waals surface area contributed by atoms with E-state index in [2.05, 4.69) is 35.5 Å². The van der Waals surface area contributed by atoms with E-state index in [0.717, 1.165) is 51.4 Å². The third kappa shape index (κ3) is 40.8. The van der Waals surface area contributed by atoms with Crippen LogP contribution in [0.1, 0.15) is 296 Å². The van der Waals surface area contributed by atoms with Crippen LogP contribution in [0.3, 0.4) is 0 Å². The first-order valence-electron chi connectivity index (χ1n) is 30.1. The molecule has 6 N–H and O–H groups in total. The zero-order chi connectivity index (χ0) is 51.9. The second-order valence-corrected chi connectivity index (χ2v) is 22.3. The van der Waals surface area contributed by atoms with E-state index in [-0.39, 0.29) is 12.5 Å². The zero-order valence-electron chi connectivity index (χ0n) is 45.8. The van der Waals surface area contributed by atoms with Crippen molar-refractivity contribution in [1.82, 2.24) is 5.32 Å². The summed E-state index contributed by atoms with van der Waals surface area (Å²) in [6.07, 6.45) is 49.4. The summed E-state index contributed by atoms with van der Waals surface area (Å²) in [7, 11) is -5.08. The SMILES string of the molecule is CCCCCCCCCCCCCC/C=C\CCCCCCCCCCCCCC(=O)NC(COC1OC(CO)C(O)C(OS(=O)(=O)O)C1O)C(O)CCCCCCCCCCCCCCCCCCC. The van der Waals surface area contributed by atoms with Gasteiger partial charge in [0, 0.05) is 6.42 Å². The molecule has 0 aromatic rings. The van der Waals surface area contributed by atoms with Crippen molar-refractivity contribution < 1.29 is 51.8 Å². The molecular weight excluding hydrogens is 919 g/mol. The number of unbranched alkanes of at least 4 members (excludes halogenated alkanes) is 39. The lowest BCUT2D eigenvalue weighted by Gasteiger charge is -2.41. The van der Waals surface area contributed by atoms with Crippen LogP contribution in [0.2, 0.25) is 0 Å². The van der Waals surface area contributed by atoms with Crippen molar-refractivity contribution >= 4 is 16.3 Å². The van der Waals surface area contributed by atoms with Gasteiger partial charge in [0.15, 0.2) is 6.29 Å². The van der Waals surface area contributed by atoms with Gasteiger partial charge in [-0.1, -0.05) is 264 Å². The monoisotopic (exact) mass is 1030 g/mol. The van der Waals surface area contributed by atoms with Crippen molar-refractivity contribution in [2.75, 3.05) is 13.2 Å². The van der Waals surface area contributed by atoms with E-state index in [1.165, 1.54) is 218 Å². The number of ether oxygens (including phenoxy) is 2. The topological polar surface area (TPSA) is 192 Å². The molecule has 12 nitrogen and oxygen atoms in total. The molecular formula is C58H113NO11S. The van der Waals surface area contributed by atoms with Crippen LogP contribution in [-0.4, -0.2) is 95.4 Å². The van der Waals surface area contributed by atoms with Crippen LogP contribution in [0, 0.1) is 0 Å². The number of allylic oxidation sites excluding steroid dienone is 2. The molecule has 0 aromatic heterocycles. The molecule has 1 aliphatic rings. The minimum Gasteiger partial charge on any atom is -0.394 e. The molecule has 1 amide bonds. The molecule has 0 aromatic carbocycles. The van der Waals surface area contributed by atoms with E-state index in [1.807, 2.05) is 0 Å². The van der Waals surface area contributed by atoms with Crippen LogP contribution in [0.5, 0.6) is 0 Å². The Labute approximate surface area is 436 Å². The highest BCUT2D eigenvalue weighted by Crippen LogP contribution is 2.26. The predicted molar refractivity (Wildman–Crippen MR) is 292 cm³/mol. The first-order valence-corrected chi connectivity index (χ1v) is 31.4. The Morgan fingerprint density at radius 2 is 0.901 bits per heavy atom. The fourth-order valence-corrected chi connectivity index (χ4v) is 10.4. The molecule has 0 bridgehead atoms. The summed E-state index contributed by atoms with van der Waals surface area (Å²) in [5, 5.41) is 45.1. The number of amides is 1. The second-order valence-electron chi connectivity index (χ2n) is 21.3. The van der Waals surface area contributed by atoms with Gasteiger partial charge >= 0.3 is 10.4 Å². The molecule has 0 spiro atoms. The van der Waals surface area contributed by atoms with Gasteiger partial charge < -0.3 is 35.2 Å². The fourth-order valence-electron chi connectivity index (χ4n) is 9.93. The van der Waals surface area contributed by atoms with Crippen LogP contribution in [0.25, 0.3) is 0 Å². The number of aliphatic hydroxyl groups excluding tert-OH is 4. The van der Waals surface area contributed by atoms with Gasteiger partial charge in [-0.15, -0.1) is 0 Å². The van der Waals surface area contributed by atoms with Crippen LogP contribution >= 0.6 is 0 Å². The Morgan fingerprint density at radius 1 is 0.549 bits per heavy atom. The minimum absolute atomic E-state index is 0.225. The molecule has 0 aliphatic carbocycles. The molecule has 71 heavy (non-hydrogen) atoms. The summed E-state index contributed by atoms with van der Waals surface area (Å²) >= 11 is 0. The number of aliphatic hydroxyl groups is 4. The molecule has 13 heteroatoms. The Kier molecular flexibility index (Phi) is 46.3. The number of carbonyl (C=O) groups is 1. The average molecular weight is 1030 g/mol. The van der Waals surface area contributed by atoms with Crippen molar-refractivity contribution in [2.24, 2.45) is 0 Å². The van der Waals surface area contributed by atoms with Crippen LogP contribution < -0.4 is 5.32 Å². The Morgan fingerprint density at radius 3 is 1.27 bits per heavy atom. The molecule has 1 heterocycles. The molecule has 7 unspecified atom stereocenters. The van der Waals surface area contributed by atoms with Gasteiger partial charge in [0.05, 0.1) is 25.4 Å². The van der Waals surface area contributed by atoms with Crippen LogP contribution in [0.15, 0.2) is 12.2 Å². The number of carbonyl (C=O) groups excluding carboxylic acids is 1. The van der Waals surface area contributed by atoms with Gasteiger partial charge in [-0.05, 0) is 38.5 Å². The van der Waals surface area contributed by atoms with E-state index in [1.54, 1.807) is 0 Å².